The Morgan fingerprint density at radius 2 is 2.22 bits per heavy atom. The van der Waals surface area contributed by atoms with Gasteiger partial charge in [0.1, 0.15) is 0 Å². The van der Waals surface area contributed by atoms with Gasteiger partial charge in [0.15, 0.2) is 0 Å². The van der Waals surface area contributed by atoms with Gasteiger partial charge in [-0.2, -0.15) is 0 Å². The molecule has 1 saturated carbocycles. The average Bonchev–Trinajstić information content (AvgIpc) is 3.18. The molecule has 1 fully saturated rings. The topological polar surface area (TPSA) is 32.3 Å². The second kappa shape index (κ2) is 6.60. The van der Waals surface area contributed by atoms with E-state index in [0.29, 0.717) is 5.92 Å². The number of hydrogen-bond donors (Lipinski definition) is 2. The summed E-state index contributed by atoms with van der Waals surface area (Å²) in [5.74, 6) is 1.34. The Balaban J connectivity index is 1.97. The zero-order valence-electron chi connectivity index (χ0n) is 11.3. The molecule has 1 aromatic carbocycles. The summed E-state index contributed by atoms with van der Waals surface area (Å²) in [4.78, 5) is 1.36. The molecule has 0 saturated heterocycles. The van der Waals surface area contributed by atoms with Crippen LogP contribution in [0.4, 0.5) is 0 Å². The lowest BCUT2D eigenvalue weighted by Crippen LogP contribution is -2.16. The minimum atomic E-state index is 0.272. The van der Waals surface area contributed by atoms with Crippen LogP contribution < -0.4 is 5.32 Å². The highest BCUT2D eigenvalue weighted by molar-refractivity contribution is 7.99. The summed E-state index contributed by atoms with van der Waals surface area (Å²) in [6, 6.07) is 7.42. The van der Waals surface area contributed by atoms with Crippen LogP contribution in [0.15, 0.2) is 23.1 Å². The van der Waals surface area contributed by atoms with Crippen molar-refractivity contribution in [1.29, 1.82) is 0 Å². The number of benzene rings is 1. The SMILES string of the molecule is Cc1ccc(SCC(C)CO)c(CNC2CC2)c1. The van der Waals surface area contributed by atoms with Crippen molar-refractivity contribution in [2.24, 2.45) is 5.92 Å². The number of thioether (sulfide) groups is 1. The average molecular weight is 265 g/mol. The van der Waals surface area contributed by atoms with E-state index in [1.807, 2.05) is 11.8 Å². The van der Waals surface area contributed by atoms with Crippen LogP contribution in [-0.4, -0.2) is 23.5 Å². The lowest BCUT2D eigenvalue weighted by Gasteiger charge is -2.13. The van der Waals surface area contributed by atoms with Gasteiger partial charge in [0.2, 0.25) is 0 Å². The molecule has 2 rings (SSSR count). The summed E-state index contributed by atoms with van der Waals surface area (Å²) in [6.45, 7) is 5.48. The lowest BCUT2D eigenvalue weighted by molar-refractivity contribution is 0.250. The second-order valence-electron chi connectivity index (χ2n) is 5.37. The fourth-order valence-electron chi connectivity index (χ4n) is 1.81. The van der Waals surface area contributed by atoms with Gasteiger partial charge in [-0.1, -0.05) is 24.6 Å². The molecule has 1 atom stereocenters. The highest BCUT2D eigenvalue weighted by atomic mass is 32.2. The number of aryl methyl sites for hydroxylation is 1. The summed E-state index contributed by atoms with van der Waals surface area (Å²) in [5.41, 5.74) is 2.72. The molecule has 18 heavy (non-hydrogen) atoms. The zero-order valence-corrected chi connectivity index (χ0v) is 12.1. The predicted molar refractivity (Wildman–Crippen MR) is 78.0 cm³/mol. The van der Waals surface area contributed by atoms with Crippen molar-refractivity contribution < 1.29 is 5.11 Å². The largest absolute Gasteiger partial charge is 0.396 e. The van der Waals surface area contributed by atoms with Gasteiger partial charge in [-0.15, -0.1) is 11.8 Å². The molecule has 0 heterocycles. The molecular weight excluding hydrogens is 242 g/mol. The Morgan fingerprint density at radius 1 is 1.44 bits per heavy atom. The monoisotopic (exact) mass is 265 g/mol. The standard InChI is InChI=1S/C15H23NOS/c1-11-3-6-15(18-10-12(2)9-17)13(7-11)8-16-14-4-5-14/h3,6-7,12,14,16-17H,4-5,8-10H2,1-2H3. The van der Waals surface area contributed by atoms with Gasteiger partial charge in [0, 0.05) is 29.8 Å². The van der Waals surface area contributed by atoms with Crippen LogP contribution in [-0.2, 0) is 6.54 Å². The van der Waals surface area contributed by atoms with E-state index in [1.54, 1.807) is 0 Å². The van der Waals surface area contributed by atoms with E-state index in [9.17, 15) is 0 Å². The Labute approximate surface area is 114 Å². The molecule has 0 spiro atoms. The van der Waals surface area contributed by atoms with Gasteiger partial charge < -0.3 is 10.4 Å². The van der Waals surface area contributed by atoms with E-state index in [4.69, 9.17) is 5.11 Å². The lowest BCUT2D eigenvalue weighted by atomic mass is 10.1. The third-order valence-corrected chi connectivity index (χ3v) is 4.65. The molecule has 1 unspecified atom stereocenters. The number of hydrogen-bond acceptors (Lipinski definition) is 3. The van der Waals surface area contributed by atoms with Gasteiger partial charge in [-0.3, -0.25) is 0 Å². The van der Waals surface area contributed by atoms with E-state index < -0.39 is 0 Å². The van der Waals surface area contributed by atoms with Crippen LogP contribution in [0.2, 0.25) is 0 Å². The number of aliphatic hydroxyl groups is 1. The normalized spacial score (nSPS) is 16.8. The third kappa shape index (κ3) is 4.30. The molecule has 0 aromatic heterocycles. The van der Waals surface area contributed by atoms with Crippen molar-refractivity contribution in [2.45, 2.75) is 44.2 Å². The molecule has 3 heteroatoms. The Kier molecular flexibility index (Phi) is 5.10. The summed E-state index contributed by atoms with van der Waals surface area (Å²) in [5, 5.41) is 12.7. The van der Waals surface area contributed by atoms with Crippen LogP contribution in [0.5, 0.6) is 0 Å². The fraction of sp³-hybridized carbons (Fsp3) is 0.600. The maximum absolute atomic E-state index is 9.08. The number of aliphatic hydroxyl groups excluding tert-OH is 1. The van der Waals surface area contributed by atoms with Gasteiger partial charge in [0.05, 0.1) is 0 Å². The molecule has 0 radical (unpaired) electrons. The van der Waals surface area contributed by atoms with Crippen LogP contribution in [0.1, 0.15) is 30.9 Å². The van der Waals surface area contributed by atoms with Gasteiger partial charge >= 0.3 is 0 Å². The summed E-state index contributed by atoms with van der Waals surface area (Å²) >= 11 is 1.86. The predicted octanol–water partition coefficient (Wildman–Crippen LogP) is 2.97. The Hall–Kier alpha value is -0.510. The Bertz CT molecular complexity index is 390. The first kappa shape index (κ1) is 13.9. The van der Waals surface area contributed by atoms with Gasteiger partial charge in [-0.05, 0) is 37.3 Å². The quantitative estimate of drug-likeness (QED) is 0.743. The fourth-order valence-corrected chi connectivity index (χ4v) is 2.86. The van der Waals surface area contributed by atoms with Gasteiger partial charge in [-0.25, -0.2) is 0 Å². The maximum atomic E-state index is 9.08. The first-order valence-electron chi connectivity index (χ1n) is 6.75. The molecule has 1 aliphatic rings. The van der Waals surface area contributed by atoms with Crippen LogP contribution in [0.25, 0.3) is 0 Å². The van der Waals surface area contributed by atoms with Crippen molar-refractivity contribution in [1.82, 2.24) is 5.32 Å². The first-order valence-corrected chi connectivity index (χ1v) is 7.74. The van der Waals surface area contributed by atoms with E-state index in [1.165, 1.54) is 28.9 Å². The summed E-state index contributed by atoms with van der Waals surface area (Å²) in [7, 11) is 0. The van der Waals surface area contributed by atoms with Crippen LogP contribution in [0, 0.1) is 12.8 Å². The maximum Gasteiger partial charge on any atom is 0.0464 e. The van der Waals surface area contributed by atoms with Crippen molar-refractivity contribution >= 4 is 11.8 Å². The first-order chi connectivity index (χ1) is 8.69. The van der Waals surface area contributed by atoms with Crippen molar-refractivity contribution in [2.75, 3.05) is 12.4 Å². The molecule has 1 aliphatic carbocycles. The highest BCUT2D eigenvalue weighted by Gasteiger charge is 2.20. The molecule has 0 bridgehead atoms. The Morgan fingerprint density at radius 3 is 2.89 bits per heavy atom. The van der Waals surface area contributed by atoms with Gasteiger partial charge in [0.25, 0.3) is 0 Å². The third-order valence-electron chi connectivity index (χ3n) is 3.21. The molecule has 1 aromatic rings. The highest BCUT2D eigenvalue weighted by Crippen LogP contribution is 2.27. The molecule has 2 nitrogen and oxygen atoms in total. The van der Waals surface area contributed by atoms with E-state index >= 15 is 0 Å². The van der Waals surface area contributed by atoms with E-state index in [-0.39, 0.29) is 6.61 Å². The second-order valence-corrected chi connectivity index (χ2v) is 6.43. The van der Waals surface area contributed by atoms with Crippen LogP contribution in [0.3, 0.4) is 0 Å². The molecule has 0 amide bonds. The summed E-state index contributed by atoms with van der Waals surface area (Å²) < 4.78 is 0. The molecular formula is C15H23NOS. The minimum absolute atomic E-state index is 0.272. The van der Waals surface area contributed by atoms with Crippen molar-refractivity contribution in [3.8, 4) is 0 Å². The van der Waals surface area contributed by atoms with E-state index in [0.717, 1.165) is 18.3 Å². The minimum Gasteiger partial charge on any atom is -0.396 e. The summed E-state index contributed by atoms with van der Waals surface area (Å²) in [6.07, 6.45) is 2.66. The van der Waals surface area contributed by atoms with Crippen molar-refractivity contribution in [3.05, 3.63) is 29.3 Å². The number of rotatable bonds is 7. The van der Waals surface area contributed by atoms with E-state index in [2.05, 4.69) is 37.4 Å². The zero-order chi connectivity index (χ0) is 13.0. The number of nitrogens with one attached hydrogen (secondary N) is 1. The van der Waals surface area contributed by atoms with Crippen LogP contribution >= 0.6 is 11.8 Å². The molecule has 100 valence electrons. The molecule has 2 N–H and O–H groups in total. The smallest absolute Gasteiger partial charge is 0.0464 e. The van der Waals surface area contributed by atoms with Crippen molar-refractivity contribution in [3.63, 3.8) is 0 Å². The molecule has 0 aliphatic heterocycles.